The van der Waals surface area contributed by atoms with Gasteiger partial charge in [-0.2, -0.15) is 0 Å². The lowest BCUT2D eigenvalue weighted by atomic mass is 10.1. The topological polar surface area (TPSA) is 95.6 Å². The Kier molecular flexibility index (Phi) is 9.03. The lowest BCUT2D eigenvalue weighted by Crippen LogP contribution is -2.46. The molecular formula is C22H28ClN3O4S. The van der Waals surface area contributed by atoms with Gasteiger partial charge in [-0.05, 0) is 48.7 Å². The fourth-order valence-electron chi connectivity index (χ4n) is 3.08. The van der Waals surface area contributed by atoms with E-state index in [9.17, 15) is 18.0 Å². The molecule has 2 aromatic rings. The molecule has 0 aliphatic rings. The average molecular weight is 466 g/mol. The Morgan fingerprint density at radius 1 is 1.03 bits per heavy atom. The molecule has 31 heavy (non-hydrogen) atoms. The number of carbonyl (C=O) groups is 2. The van der Waals surface area contributed by atoms with Gasteiger partial charge in [0.1, 0.15) is 6.04 Å². The van der Waals surface area contributed by atoms with E-state index >= 15 is 0 Å². The molecule has 2 aromatic carbocycles. The number of nitrogens with one attached hydrogen (secondary N) is 2. The highest BCUT2D eigenvalue weighted by atomic mass is 35.5. The van der Waals surface area contributed by atoms with E-state index in [4.69, 9.17) is 11.6 Å². The summed E-state index contributed by atoms with van der Waals surface area (Å²) in [5.74, 6) is -0.421. The van der Waals surface area contributed by atoms with Crippen molar-refractivity contribution in [2.45, 2.75) is 44.2 Å². The van der Waals surface area contributed by atoms with Gasteiger partial charge in [0.15, 0.2) is 0 Å². The number of likely N-dealkylation sites (N-methyl/N-ethyl adjacent to an activating group) is 1. The van der Waals surface area contributed by atoms with Gasteiger partial charge >= 0.3 is 0 Å². The fraction of sp³-hybridized carbons (Fsp3) is 0.364. The molecule has 0 heterocycles. The molecule has 0 fully saturated rings. The van der Waals surface area contributed by atoms with Crippen molar-refractivity contribution < 1.29 is 18.0 Å². The fourth-order valence-corrected chi connectivity index (χ4v) is 4.25. The van der Waals surface area contributed by atoms with Crippen LogP contribution in [0.2, 0.25) is 5.02 Å². The third-order valence-corrected chi connectivity index (χ3v) is 6.69. The minimum atomic E-state index is -3.51. The van der Waals surface area contributed by atoms with Crippen LogP contribution >= 0.6 is 11.6 Å². The number of hydrogen-bond acceptors (Lipinski definition) is 4. The Hall–Kier alpha value is -2.42. The van der Waals surface area contributed by atoms with Crippen LogP contribution in [0.3, 0.4) is 0 Å². The first-order valence-electron chi connectivity index (χ1n) is 10.0. The van der Waals surface area contributed by atoms with Crippen LogP contribution in [0.15, 0.2) is 53.4 Å². The van der Waals surface area contributed by atoms with Gasteiger partial charge in [-0.25, -0.2) is 13.1 Å². The normalized spacial score (nSPS) is 12.3. The van der Waals surface area contributed by atoms with Crippen molar-refractivity contribution >= 4 is 33.4 Å². The molecular weight excluding hydrogens is 438 g/mol. The molecule has 0 aromatic heterocycles. The van der Waals surface area contributed by atoms with Crippen LogP contribution in [0.4, 0.5) is 0 Å². The predicted molar refractivity (Wildman–Crippen MR) is 121 cm³/mol. The Labute approximate surface area is 188 Å². The molecule has 7 nitrogen and oxygen atoms in total. The van der Waals surface area contributed by atoms with Gasteiger partial charge in [0, 0.05) is 31.6 Å². The SMILES string of the molecule is CCNS(=O)(=O)c1ccc(CCC(=O)N(Cc2ccc(Cl)cc2)[C@@H](C)C(=O)NC)cc1. The Bertz CT molecular complexity index is 992. The second kappa shape index (κ2) is 11.3. The molecule has 2 rings (SSSR count). The number of sulfonamides is 1. The van der Waals surface area contributed by atoms with Crippen LogP contribution < -0.4 is 10.0 Å². The summed E-state index contributed by atoms with van der Waals surface area (Å²) < 4.78 is 26.5. The van der Waals surface area contributed by atoms with E-state index in [0.29, 0.717) is 18.0 Å². The predicted octanol–water partition coefficient (Wildman–Crippen LogP) is 2.73. The highest BCUT2D eigenvalue weighted by molar-refractivity contribution is 7.89. The van der Waals surface area contributed by atoms with Crippen LogP contribution in [0, 0.1) is 0 Å². The smallest absolute Gasteiger partial charge is 0.242 e. The molecule has 0 bridgehead atoms. The lowest BCUT2D eigenvalue weighted by molar-refractivity contribution is -0.140. The van der Waals surface area contributed by atoms with E-state index in [1.54, 1.807) is 38.1 Å². The summed E-state index contributed by atoms with van der Waals surface area (Å²) in [5, 5.41) is 3.18. The van der Waals surface area contributed by atoms with Crippen LogP contribution in [0.1, 0.15) is 31.4 Å². The van der Waals surface area contributed by atoms with Crippen molar-refractivity contribution in [3.63, 3.8) is 0 Å². The first-order valence-corrected chi connectivity index (χ1v) is 11.9. The van der Waals surface area contributed by atoms with E-state index < -0.39 is 16.1 Å². The van der Waals surface area contributed by atoms with Crippen molar-refractivity contribution in [2.24, 2.45) is 0 Å². The molecule has 168 valence electrons. The standard InChI is InChI=1S/C22H28ClN3O4S/c1-4-25-31(29,30)20-12-7-17(8-13-20)9-14-21(27)26(16(2)22(28)24-3)15-18-5-10-19(23)11-6-18/h5-8,10-13,16,25H,4,9,14-15H2,1-3H3,(H,24,28)/t16-/m0/s1. The molecule has 2 N–H and O–H groups in total. The summed E-state index contributed by atoms with van der Waals surface area (Å²) in [5.41, 5.74) is 1.70. The number of amides is 2. The van der Waals surface area contributed by atoms with E-state index in [1.807, 2.05) is 12.1 Å². The maximum absolute atomic E-state index is 13.0. The van der Waals surface area contributed by atoms with Gasteiger partial charge in [0.2, 0.25) is 21.8 Å². The van der Waals surface area contributed by atoms with Gasteiger partial charge in [-0.15, -0.1) is 0 Å². The number of hydrogen-bond donors (Lipinski definition) is 2. The molecule has 0 saturated carbocycles. The van der Waals surface area contributed by atoms with Crippen molar-refractivity contribution in [1.82, 2.24) is 14.9 Å². The Balaban J connectivity index is 2.10. The molecule has 0 unspecified atom stereocenters. The van der Waals surface area contributed by atoms with Gasteiger partial charge in [-0.1, -0.05) is 42.8 Å². The number of benzene rings is 2. The van der Waals surface area contributed by atoms with Crippen LogP contribution in [0.25, 0.3) is 0 Å². The average Bonchev–Trinajstić information content (AvgIpc) is 2.76. The minimum Gasteiger partial charge on any atom is -0.357 e. The number of carbonyl (C=O) groups excluding carboxylic acids is 2. The van der Waals surface area contributed by atoms with Crippen LogP contribution in [0.5, 0.6) is 0 Å². The number of aryl methyl sites for hydroxylation is 1. The first kappa shape index (κ1) is 24.8. The van der Waals surface area contributed by atoms with Crippen molar-refractivity contribution in [3.05, 3.63) is 64.7 Å². The highest BCUT2D eigenvalue weighted by Crippen LogP contribution is 2.16. The molecule has 0 radical (unpaired) electrons. The zero-order chi connectivity index (χ0) is 23.0. The third kappa shape index (κ3) is 7.05. The number of rotatable bonds is 10. The summed E-state index contributed by atoms with van der Waals surface area (Å²) in [6.45, 7) is 4.00. The molecule has 0 aliphatic carbocycles. The summed E-state index contributed by atoms with van der Waals surface area (Å²) >= 11 is 5.93. The second-order valence-corrected chi connectivity index (χ2v) is 9.29. The largest absolute Gasteiger partial charge is 0.357 e. The molecule has 0 aliphatic heterocycles. The summed E-state index contributed by atoms with van der Waals surface area (Å²) in [6, 6.07) is 12.9. The van der Waals surface area contributed by atoms with Crippen LogP contribution in [-0.4, -0.2) is 44.8 Å². The Morgan fingerprint density at radius 2 is 1.61 bits per heavy atom. The van der Waals surface area contributed by atoms with Crippen LogP contribution in [-0.2, 0) is 32.6 Å². The third-order valence-electron chi connectivity index (χ3n) is 4.88. The zero-order valence-electron chi connectivity index (χ0n) is 17.9. The molecule has 2 amide bonds. The van der Waals surface area contributed by atoms with E-state index in [-0.39, 0.29) is 29.7 Å². The Morgan fingerprint density at radius 3 is 2.16 bits per heavy atom. The maximum atomic E-state index is 13.0. The van der Waals surface area contributed by atoms with Gasteiger partial charge in [-0.3, -0.25) is 9.59 Å². The first-order chi connectivity index (χ1) is 14.7. The van der Waals surface area contributed by atoms with Gasteiger partial charge in [0.25, 0.3) is 0 Å². The number of halogens is 1. The van der Waals surface area contributed by atoms with E-state index in [2.05, 4.69) is 10.0 Å². The number of nitrogens with zero attached hydrogens (tertiary/aromatic N) is 1. The minimum absolute atomic E-state index is 0.171. The molecule has 0 saturated heterocycles. The van der Waals surface area contributed by atoms with Gasteiger partial charge in [0.05, 0.1) is 4.90 Å². The van der Waals surface area contributed by atoms with E-state index in [0.717, 1.165) is 11.1 Å². The second-order valence-electron chi connectivity index (χ2n) is 7.08. The van der Waals surface area contributed by atoms with Crippen molar-refractivity contribution in [1.29, 1.82) is 0 Å². The van der Waals surface area contributed by atoms with Crippen molar-refractivity contribution in [2.75, 3.05) is 13.6 Å². The quantitative estimate of drug-likeness (QED) is 0.564. The maximum Gasteiger partial charge on any atom is 0.242 e. The molecule has 9 heteroatoms. The summed E-state index contributed by atoms with van der Waals surface area (Å²) in [7, 11) is -1.98. The highest BCUT2D eigenvalue weighted by Gasteiger charge is 2.25. The zero-order valence-corrected chi connectivity index (χ0v) is 19.5. The van der Waals surface area contributed by atoms with Gasteiger partial charge < -0.3 is 10.2 Å². The monoisotopic (exact) mass is 465 g/mol. The molecule has 1 atom stereocenters. The summed E-state index contributed by atoms with van der Waals surface area (Å²) in [6.07, 6.45) is 0.617. The van der Waals surface area contributed by atoms with E-state index in [1.165, 1.54) is 24.1 Å². The van der Waals surface area contributed by atoms with Crippen molar-refractivity contribution in [3.8, 4) is 0 Å². The molecule has 0 spiro atoms. The lowest BCUT2D eigenvalue weighted by Gasteiger charge is -2.28. The summed E-state index contributed by atoms with van der Waals surface area (Å²) in [4.78, 5) is 26.9.